The molecule has 0 aromatic heterocycles. The van der Waals surface area contributed by atoms with Crippen molar-refractivity contribution >= 4 is 5.69 Å². The molecule has 0 fully saturated rings. The van der Waals surface area contributed by atoms with Gasteiger partial charge < -0.3 is 10.4 Å². The Morgan fingerprint density at radius 2 is 1.81 bits per heavy atom. The smallest absolute Gasteiger partial charge is 0.263 e. The van der Waals surface area contributed by atoms with Crippen LogP contribution in [0.1, 0.15) is 35.6 Å². The zero-order valence-corrected chi connectivity index (χ0v) is 11.5. The molecule has 1 aliphatic heterocycles. The average Bonchev–Trinajstić information content (AvgIpc) is 2.53. The fraction of sp³-hybridized carbons (Fsp3) is 0.294. The van der Waals surface area contributed by atoms with E-state index in [0.29, 0.717) is 5.56 Å². The van der Waals surface area contributed by atoms with E-state index in [1.54, 1.807) is 12.1 Å². The predicted molar refractivity (Wildman–Crippen MR) is 78.5 cm³/mol. The van der Waals surface area contributed by atoms with Crippen molar-refractivity contribution in [3.05, 3.63) is 65.2 Å². The van der Waals surface area contributed by atoms with Crippen molar-refractivity contribution in [1.82, 2.24) is 0 Å². The summed E-state index contributed by atoms with van der Waals surface area (Å²) < 4.78 is 25.5. The molecule has 1 aliphatic rings. The Hall–Kier alpha value is -1.94. The third-order valence-electron chi connectivity index (χ3n) is 3.97. The highest BCUT2D eigenvalue weighted by atomic mass is 19.3. The van der Waals surface area contributed by atoms with Gasteiger partial charge in [0.2, 0.25) is 0 Å². The van der Waals surface area contributed by atoms with Crippen molar-refractivity contribution in [2.45, 2.75) is 31.4 Å². The summed E-state index contributed by atoms with van der Waals surface area (Å²) in [6, 6.07) is 13.8. The first-order chi connectivity index (χ1) is 10.1. The number of anilines is 1. The van der Waals surface area contributed by atoms with Crippen molar-refractivity contribution < 1.29 is 13.9 Å². The molecule has 0 radical (unpaired) electrons. The normalized spacial score (nSPS) is 19.0. The molecule has 0 spiro atoms. The lowest BCUT2D eigenvalue weighted by atomic mass is 9.91. The summed E-state index contributed by atoms with van der Waals surface area (Å²) >= 11 is 0. The molecular formula is C17H17F2NO. The fourth-order valence-corrected chi connectivity index (χ4v) is 2.81. The summed E-state index contributed by atoms with van der Waals surface area (Å²) in [5, 5.41) is 13.8. The topological polar surface area (TPSA) is 32.3 Å². The van der Waals surface area contributed by atoms with Crippen LogP contribution in [-0.2, 0) is 6.42 Å². The van der Waals surface area contributed by atoms with E-state index in [0.717, 1.165) is 18.5 Å². The Bertz CT molecular complexity index is 630. The van der Waals surface area contributed by atoms with Crippen LogP contribution in [0.5, 0.6) is 0 Å². The van der Waals surface area contributed by atoms with Crippen molar-refractivity contribution in [2.24, 2.45) is 0 Å². The molecule has 2 nitrogen and oxygen atoms in total. The lowest BCUT2D eigenvalue weighted by molar-refractivity contribution is 0.143. The molecule has 0 saturated heterocycles. The lowest BCUT2D eigenvalue weighted by Gasteiger charge is -2.31. The molecule has 1 heterocycles. The number of hydrogen-bond acceptors (Lipinski definition) is 2. The summed E-state index contributed by atoms with van der Waals surface area (Å²) in [6.07, 6.45) is -1.66. The number of aryl methyl sites for hydroxylation is 1. The standard InChI is InChI=1S/C17H17F2NO/c18-17(19)13-6-3-5-12(10-13)16(21)15-9-8-11-4-1-2-7-14(11)20-15/h1-7,10,15-17,20-21H,8-9H2. The van der Waals surface area contributed by atoms with Crippen molar-refractivity contribution in [3.63, 3.8) is 0 Å². The summed E-state index contributed by atoms with van der Waals surface area (Å²) in [6.45, 7) is 0. The van der Waals surface area contributed by atoms with Crippen LogP contribution in [0.15, 0.2) is 48.5 Å². The van der Waals surface area contributed by atoms with Gasteiger partial charge in [-0.3, -0.25) is 0 Å². The van der Waals surface area contributed by atoms with Crippen molar-refractivity contribution in [1.29, 1.82) is 0 Å². The second-order valence-corrected chi connectivity index (χ2v) is 5.36. The van der Waals surface area contributed by atoms with Crippen LogP contribution < -0.4 is 5.32 Å². The van der Waals surface area contributed by atoms with E-state index in [1.807, 2.05) is 18.2 Å². The molecule has 0 saturated carbocycles. The van der Waals surface area contributed by atoms with Gasteiger partial charge in [-0.05, 0) is 36.1 Å². The van der Waals surface area contributed by atoms with Gasteiger partial charge in [-0.2, -0.15) is 0 Å². The van der Waals surface area contributed by atoms with E-state index in [1.165, 1.54) is 17.7 Å². The molecule has 3 rings (SSSR count). The SMILES string of the molecule is OC(c1cccc(C(F)F)c1)C1CCc2ccccc2N1. The average molecular weight is 289 g/mol. The predicted octanol–water partition coefficient (Wildman–Crippen LogP) is 4.08. The van der Waals surface area contributed by atoms with Gasteiger partial charge in [-0.15, -0.1) is 0 Å². The first-order valence-electron chi connectivity index (χ1n) is 7.05. The minimum absolute atomic E-state index is 0.0530. The maximum absolute atomic E-state index is 12.8. The van der Waals surface area contributed by atoms with Gasteiger partial charge >= 0.3 is 0 Å². The second-order valence-electron chi connectivity index (χ2n) is 5.36. The molecule has 2 aromatic rings. The first kappa shape index (κ1) is 14.0. The zero-order chi connectivity index (χ0) is 14.8. The first-order valence-corrected chi connectivity index (χ1v) is 7.05. The molecule has 0 bridgehead atoms. The van der Waals surface area contributed by atoms with Crippen molar-refractivity contribution in [3.8, 4) is 0 Å². The van der Waals surface area contributed by atoms with Crippen LogP contribution in [0.25, 0.3) is 0 Å². The molecule has 2 unspecified atom stereocenters. The largest absolute Gasteiger partial charge is 0.386 e. The molecule has 21 heavy (non-hydrogen) atoms. The Morgan fingerprint density at radius 3 is 2.62 bits per heavy atom. The number of aliphatic hydroxyl groups excluding tert-OH is 1. The number of rotatable bonds is 3. The minimum Gasteiger partial charge on any atom is -0.386 e. The Kier molecular flexibility index (Phi) is 3.88. The number of hydrogen-bond donors (Lipinski definition) is 2. The highest BCUT2D eigenvalue weighted by Crippen LogP contribution is 2.31. The van der Waals surface area contributed by atoms with E-state index in [4.69, 9.17) is 0 Å². The van der Waals surface area contributed by atoms with E-state index in [2.05, 4.69) is 11.4 Å². The molecule has 2 atom stereocenters. The van der Waals surface area contributed by atoms with Crippen LogP contribution in [0.4, 0.5) is 14.5 Å². The number of nitrogens with one attached hydrogen (secondary N) is 1. The molecule has 2 aromatic carbocycles. The Labute approximate surface area is 122 Å². The zero-order valence-electron chi connectivity index (χ0n) is 11.5. The summed E-state index contributed by atoms with van der Waals surface area (Å²) in [4.78, 5) is 0. The van der Waals surface area contributed by atoms with Gasteiger partial charge in [-0.1, -0.05) is 36.4 Å². The number of alkyl halides is 2. The third kappa shape index (κ3) is 2.90. The van der Waals surface area contributed by atoms with E-state index >= 15 is 0 Å². The van der Waals surface area contributed by atoms with Gasteiger partial charge in [0.25, 0.3) is 6.43 Å². The van der Waals surface area contributed by atoms with Gasteiger partial charge in [0.05, 0.1) is 12.1 Å². The Morgan fingerprint density at radius 1 is 1.05 bits per heavy atom. The van der Waals surface area contributed by atoms with Crippen LogP contribution in [0.2, 0.25) is 0 Å². The highest BCUT2D eigenvalue weighted by Gasteiger charge is 2.25. The van der Waals surface area contributed by atoms with Crippen LogP contribution >= 0.6 is 0 Å². The monoisotopic (exact) mass is 289 g/mol. The summed E-state index contributed by atoms with van der Waals surface area (Å²) in [7, 11) is 0. The number of aliphatic hydroxyl groups is 1. The maximum Gasteiger partial charge on any atom is 0.263 e. The van der Waals surface area contributed by atoms with Gasteiger partial charge in [-0.25, -0.2) is 8.78 Å². The van der Waals surface area contributed by atoms with Crippen LogP contribution in [-0.4, -0.2) is 11.1 Å². The molecule has 2 N–H and O–H groups in total. The fourth-order valence-electron chi connectivity index (χ4n) is 2.81. The number of fused-ring (bicyclic) bond motifs is 1. The number of halogens is 2. The van der Waals surface area contributed by atoms with E-state index in [-0.39, 0.29) is 11.6 Å². The van der Waals surface area contributed by atoms with Gasteiger partial charge in [0.1, 0.15) is 0 Å². The lowest BCUT2D eigenvalue weighted by Crippen LogP contribution is -2.31. The summed E-state index contributed by atoms with van der Waals surface area (Å²) in [5.41, 5.74) is 2.72. The molecule has 0 amide bonds. The summed E-state index contributed by atoms with van der Waals surface area (Å²) in [5.74, 6) is 0. The second kappa shape index (κ2) is 5.82. The van der Waals surface area contributed by atoms with Crippen LogP contribution in [0.3, 0.4) is 0 Å². The highest BCUT2D eigenvalue weighted by molar-refractivity contribution is 5.54. The van der Waals surface area contributed by atoms with E-state index in [9.17, 15) is 13.9 Å². The minimum atomic E-state index is -2.52. The molecule has 0 aliphatic carbocycles. The van der Waals surface area contributed by atoms with Crippen LogP contribution in [0, 0.1) is 0 Å². The number of para-hydroxylation sites is 1. The van der Waals surface area contributed by atoms with Gasteiger partial charge in [0, 0.05) is 11.3 Å². The number of benzene rings is 2. The van der Waals surface area contributed by atoms with E-state index < -0.39 is 12.5 Å². The third-order valence-corrected chi connectivity index (χ3v) is 3.97. The Balaban J connectivity index is 1.80. The molecule has 4 heteroatoms. The molecular weight excluding hydrogens is 272 g/mol. The maximum atomic E-state index is 12.8. The molecule has 110 valence electrons. The van der Waals surface area contributed by atoms with Gasteiger partial charge in [0.15, 0.2) is 0 Å². The van der Waals surface area contributed by atoms with Crippen molar-refractivity contribution in [2.75, 3.05) is 5.32 Å². The quantitative estimate of drug-likeness (QED) is 0.892.